The van der Waals surface area contributed by atoms with E-state index in [4.69, 9.17) is 4.42 Å². The Morgan fingerprint density at radius 3 is 2.96 bits per heavy atom. The minimum absolute atomic E-state index is 0.0394. The van der Waals surface area contributed by atoms with Crippen LogP contribution in [0, 0.1) is 5.92 Å². The average molecular weight is 315 g/mol. The minimum atomic E-state index is -0.242. The second kappa shape index (κ2) is 6.60. The summed E-state index contributed by atoms with van der Waals surface area (Å²) in [5, 5.41) is 0. The van der Waals surface area contributed by atoms with Crippen molar-refractivity contribution in [3.8, 4) is 0 Å². The summed E-state index contributed by atoms with van der Waals surface area (Å²) in [6.45, 7) is 7.04. The van der Waals surface area contributed by atoms with Gasteiger partial charge in [0.25, 0.3) is 0 Å². The number of piperidine rings is 1. The predicted molar refractivity (Wildman–Crippen MR) is 87.9 cm³/mol. The molecule has 5 nitrogen and oxygen atoms in total. The molecule has 3 heterocycles. The number of furan rings is 1. The third-order valence-electron chi connectivity index (χ3n) is 4.84. The largest absolute Gasteiger partial charge is 0.464 e. The molecule has 1 saturated heterocycles. The van der Waals surface area contributed by atoms with Gasteiger partial charge in [0.05, 0.1) is 12.4 Å². The van der Waals surface area contributed by atoms with Gasteiger partial charge >= 0.3 is 0 Å². The summed E-state index contributed by atoms with van der Waals surface area (Å²) < 4.78 is 7.82. The van der Waals surface area contributed by atoms with E-state index in [9.17, 15) is 4.79 Å². The fourth-order valence-electron chi connectivity index (χ4n) is 3.30. The Kier molecular flexibility index (Phi) is 4.55. The van der Waals surface area contributed by atoms with Gasteiger partial charge in [0.15, 0.2) is 0 Å². The maximum absolute atomic E-state index is 13.0. The van der Waals surface area contributed by atoms with E-state index in [2.05, 4.69) is 18.8 Å². The van der Waals surface area contributed by atoms with E-state index in [1.807, 2.05) is 34.7 Å². The zero-order chi connectivity index (χ0) is 16.4. The van der Waals surface area contributed by atoms with Gasteiger partial charge in [0, 0.05) is 25.4 Å². The van der Waals surface area contributed by atoms with Crippen LogP contribution in [0.3, 0.4) is 0 Å². The van der Waals surface area contributed by atoms with Crippen LogP contribution >= 0.6 is 0 Å². The molecule has 3 rings (SSSR count). The van der Waals surface area contributed by atoms with Crippen molar-refractivity contribution in [3.05, 3.63) is 42.4 Å². The second-order valence-corrected chi connectivity index (χ2v) is 6.52. The van der Waals surface area contributed by atoms with Gasteiger partial charge in [0.1, 0.15) is 17.6 Å². The number of nitrogens with zero attached hydrogens (tertiary/aromatic N) is 3. The molecule has 5 heteroatoms. The first-order valence-corrected chi connectivity index (χ1v) is 8.46. The molecule has 0 spiro atoms. The molecule has 0 bridgehead atoms. The van der Waals surface area contributed by atoms with Gasteiger partial charge in [0.2, 0.25) is 5.91 Å². The Morgan fingerprint density at radius 2 is 2.30 bits per heavy atom. The number of likely N-dealkylation sites (tertiary alicyclic amines) is 1. The van der Waals surface area contributed by atoms with Gasteiger partial charge in [-0.2, -0.15) is 0 Å². The van der Waals surface area contributed by atoms with Crippen molar-refractivity contribution >= 4 is 5.91 Å². The van der Waals surface area contributed by atoms with Gasteiger partial charge in [-0.15, -0.1) is 0 Å². The van der Waals surface area contributed by atoms with Crippen LogP contribution in [-0.2, 0) is 11.2 Å². The molecule has 23 heavy (non-hydrogen) atoms. The normalized spacial score (nSPS) is 23.0. The highest BCUT2D eigenvalue weighted by Crippen LogP contribution is 2.36. The van der Waals surface area contributed by atoms with Crippen LogP contribution in [-0.4, -0.2) is 26.9 Å². The summed E-state index contributed by atoms with van der Waals surface area (Å²) >= 11 is 0. The standard InChI is InChI=1S/C18H25N3O2/c1-4-15-5-6-17(23-15)16-11-13(2)7-9-21(16)18(22)14(3)20-10-8-19-12-20/h5-6,8,10,12-14,16H,4,7,9,11H2,1-3H3/t13-,14-,16+/m1/s1. The molecule has 1 fully saturated rings. The smallest absolute Gasteiger partial charge is 0.246 e. The lowest BCUT2D eigenvalue weighted by Crippen LogP contribution is -2.43. The summed E-state index contributed by atoms with van der Waals surface area (Å²) in [5.74, 6) is 2.63. The number of hydrogen-bond acceptors (Lipinski definition) is 3. The molecular formula is C18H25N3O2. The number of aromatic nitrogens is 2. The first-order chi connectivity index (χ1) is 11.1. The van der Waals surface area contributed by atoms with Crippen molar-refractivity contribution in [3.63, 3.8) is 0 Å². The first-order valence-electron chi connectivity index (χ1n) is 8.46. The summed E-state index contributed by atoms with van der Waals surface area (Å²) in [4.78, 5) is 19.0. The molecule has 1 amide bonds. The van der Waals surface area contributed by atoms with Gasteiger partial charge in [-0.3, -0.25) is 4.79 Å². The third-order valence-corrected chi connectivity index (χ3v) is 4.84. The summed E-state index contributed by atoms with van der Waals surface area (Å²) in [6, 6.07) is 3.85. The van der Waals surface area contributed by atoms with E-state index in [1.165, 1.54) is 0 Å². The molecule has 124 valence electrons. The lowest BCUT2D eigenvalue weighted by atomic mass is 9.90. The van der Waals surface area contributed by atoms with Crippen molar-refractivity contribution in [1.82, 2.24) is 14.5 Å². The SMILES string of the molecule is CCc1ccc([C@@H]2C[C@H](C)CCN2C(=O)[C@@H](C)n2ccnc2)o1. The Hall–Kier alpha value is -2.04. The van der Waals surface area contributed by atoms with Crippen molar-refractivity contribution in [2.75, 3.05) is 6.54 Å². The van der Waals surface area contributed by atoms with Crippen LogP contribution in [0.1, 0.15) is 57.2 Å². The van der Waals surface area contributed by atoms with Gasteiger partial charge in [-0.05, 0) is 37.8 Å². The highest BCUT2D eigenvalue weighted by molar-refractivity contribution is 5.80. The average Bonchev–Trinajstić information content (AvgIpc) is 3.24. The fourth-order valence-corrected chi connectivity index (χ4v) is 3.30. The van der Waals surface area contributed by atoms with E-state index in [0.29, 0.717) is 5.92 Å². The molecular weight excluding hydrogens is 290 g/mol. The minimum Gasteiger partial charge on any atom is -0.464 e. The van der Waals surface area contributed by atoms with Crippen LogP contribution in [0.2, 0.25) is 0 Å². The quantitative estimate of drug-likeness (QED) is 0.866. The van der Waals surface area contributed by atoms with Gasteiger partial charge in [-0.25, -0.2) is 4.98 Å². The molecule has 0 unspecified atom stereocenters. The van der Waals surface area contributed by atoms with E-state index in [1.54, 1.807) is 12.5 Å². The lowest BCUT2D eigenvalue weighted by Gasteiger charge is -2.39. The monoisotopic (exact) mass is 315 g/mol. The third kappa shape index (κ3) is 3.19. The van der Waals surface area contributed by atoms with E-state index in [0.717, 1.165) is 37.3 Å². The molecule has 0 aliphatic carbocycles. The highest BCUT2D eigenvalue weighted by Gasteiger charge is 2.35. The molecule has 0 radical (unpaired) electrons. The second-order valence-electron chi connectivity index (χ2n) is 6.52. The maximum atomic E-state index is 13.0. The number of amides is 1. The van der Waals surface area contributed by atoms with Gasteiger partial charge in [-0.1, -0.05) is 13.8 Å². The molecule has 1 aliphatic rings. The molecule has 0 saturated carbocycles. The van der Waals surface area contributed by atoms with Crippen molar-refractivity contribution in [2.45, 2.75) is 52.1 Å². The Morgan fingerprint density at radius 1 is 1.48 bits per heavy atom. The topological polar surface area (TPSA) is 51.3 Å². The summed E-state index contributed by atoms with van der Waals surface area (Å²) in [5.41, 5.74) is 0. The van der Waals surface area contributed by atoms with Crippen LogP contribution in [0.25, 0.3) is 0 Å². The molecule has 0 aromatic carbocycles. The fraction of sp³-hybridized carbons (Fsp3) is 0.556. The zero-order valence-corrected chi connectivity index (χ0v) is 14.1. The number of imidazole rings is 1. The van der Waals surface area contributed by atoms with Gasteiger partial charge < -0.3 is 13.9 Å². The van der Waals surface area contributed by atoms with Crippen molar-refractivity contribution in [2.24, 2.45) is 5.92 Å². The summed E-state index contributed by atoms with van der Waals surface area (Å²) in [6.07, 6.45) is 8.12. The molecule has 3 atom stereocenters. The van der Waals surface area contributed by atoms with E-state index >= 15 is 0 Å². The zero-order valence-electron chi connectivity index (χ0n) is 14.1. The van der Waals surface area contributed by atoms with Crippen LogP contribution in [0.4, 0.5) is 0 Å². The number of carbonyl (C=O) groups excluding carboxylic acids is 1. The molecule has 2 aromatic heterocycles. The Labute approximate surface area is 137 Å². The van der Waals surface area contributed by atoms with Crippen LogP contribution in [0.5, 0.6) is 0 Å². The maximum Gasteiger partial charge on any atom is 0.246 e. The van der Waals surface area contributed by atoms with E-state index in [-0.39, 0.29) is 18.0 Å². The number of aryl methyl sites for hydroxylation is 1. The van der Waals surface area contributed by atoms with Crippen molar-refractivity contribution in [1.29, 1.82) is 0 Å². The highest BCUT2D eigenvalue weighted by atomic mass is 16.3. The summed E-state index contributed by atoms with van der Waals surface area (Å²) in [7, 11) is 0. The number of rotatable bonds is 4. The van der Waals surface area contributed by atoms with E-state index < -0.39 is 0 Å². The molecule has 0 N–H and O–H groups in total. The number of carbonyl (C=O) groups is 1. The van der Waals surface area contributed by atoms with Crippen molar-refractivity contribution < 1.29 is 9.21 Å². The predicted octanol–water partition coefficient (Wildman–Crippen LogP) is 3.60. The lowest BCUT2D eigenvalue weighted by molar-refractivity contribution is -0.139. The molecule has 2 aromatic rings. The van der Waals surface area contributed by atoms with Crippen LogP contribution < -0.4 is 0 Å². The van der Waals surface area contributed by atoms with Crippen LogP contribution in [0.15, 0.2) is 35.3 Å². The molecule has 1 aliphatic heterocycles. The Bertz CT molecular complexity index is 647. The Balaban J connectivity index is 1.84. The number of hydrogen-bond donors (Lipinski definition) is 0. The first kappa shape index (κ1) is 15.8.